The number of carboxylic acid groups (broad SMARTS) is 2. The molecule has 0 aliphatic carbocycles. The predicted molar refractivity (Wildman–Crippen MR) is 61.4 cm³/mol. The summed E-state index contributed by atoms with van der Waals surface area (Å²) in [6, 6.07) is 1.05. The van der Waals surface area contributed by atoms with Gasteiger partial charge in [-0.2, -0.15) is 0 Å². The minimum absolute atomic E-state index is 0.281. The smallest absolute Gasteiger partial charge is 0.338 e. The van der Waals surface area contributed by atoms with Gasteiger partial charge in [-0.25, -0.2) is 13.6 Å². The highest BCUT2D eigenvalue weighted by molar-refractivity contribution is 5.99. The number of carbonyl (C=O) groups excluding carboxylic acids is 1. The molecular formula is C12H9F2NO5. The quantitative estimate of drug-likeness (QED) is 0.867. The van der Waals surface area contributed by atoms with E-state index < -0.39 is 46.6 Å². The van der Waals surface area contributed by atoms with Crippen molar-refractivity contribution in [3.05, 3.63) is 29.3 Å². The molecule has 1 aliphatic rings. The Morgan fingerprint density at radius 1 is 1.20 bits per heavy atom. The van der Waals surface area contributed by atoms with Crippen molar-refractivity contribution in [2.75, 3.05) is 11.4 Å². The zero-order valence-corrected chi connectivity index (χ0v) is 9.97. The number of halogens is 2. The summed E-state index contributed by atoms with van der Waals surface area (Å²) in [4.78, 5) is 33.9. The maximum Gasteiger partial charge on any atom is 0.338 e. The Morgan fingerprint density at radius 2 is 1.85 bits per heavy atom. The van der Waals surface area contributed by atoms with E-state index in [4.69, 9.17) is 10.2 Å². The third kappa shape index (κ3) is 2.31. The van der Waals surface area contributed by atoms with E-state index in [1.54, 1.807) is 0 Å². The maximum absolute atomic E-state index is 13.8. The number of rotatable bonds is 3. The third-order valence-corrected chi connectivity index (χ3v) is 3.03. The molecule has 0 saturated carbocycles. The van der Waals surface area contributed by atoms with Crippen LogP contribution in [0.25, 0.3) is 0 Å². The SMILES string of the molecule is O=C(O)c1cc(F)c(N2CC(C(=O)O)CC2=O)cc1F. The molecule has 1 amide bonds. The Bertz CT molecular complexity index is 616. The van der Waals surface area contributed by atoms with Crippen molar-refractivity contribution in [1.82, 2.24) is 0 Å². The molecule has 1 unspecified atom stereocenters. The Kier molecular flexibility index (Phi) is 3.39. The predicted octanol–water partition coefficient (Wildman–Crippen LogP) is 1.10. The van der Waals surface area contributed by atoms with Crippen LogP contribution in [0, 0.1) is 17.6 Å². The molecule has 1 heterocycles. The molecule has 1 atom stereocenters. The van der Waals surface area contributed by atoms with Gasteiger partial charge in [0.2, 0.25) is 5.91 Å². The van der Waals surface area contributed by atoms with Crippen LogP contribution < -0.4 is 4.90 Å². The van der Waals surface area contributed by atoms with Gasteiger partial charge >= 0.3 is 11.9 Å². The first-order chi connectivity index (χ1) is 9.31. The first-order valence-corrected chi connectivity index (χ1v) is 5.56. The number of hydrogen-bond acceptors (Lipinski definition) is 3. The molecule has 0 radical (unpaired) electrons. The average Bonchev–Trinajstić information content (AvgIpc) is 2.73. The summed E-state index contributed by atoms with van der Waals surface area (Å²) in [5, 5.41) is 17.5. The van der Waals surface area contributed by atoms with Gasteiger partial charge < -0.3 is 15.1 Å². The molecule has 0 aromatic heterocycles. The molecular weight excluding hydrogens is 276 g/mol. The summed E-state index contributed by atoms with van der Waals surface area (Å²) in [6.07, 6.45) is -0.308. The molecule has 106 valence electrons. The molecule has 1 aromatic carbocycles. The van der Waals surface area contributed by atoms with Gasteiger partial charge in [0, 0.05) is 19.0 Å². The van der Waals surface area contributed by atoms with Crippen molar-refractivity contribution in [3.8, 4) is 0 Å². The molecule has 8 heteroatoms. The average molecular weight is 285 g/mol. The lowest BCUT2D eigenvalue weighted by Gasteiger charge is -2.17. The van der Waals surface area contributed by atoms with E-state index in [0.29, 0.717) is 12.1 Å². The van der Waals surface area contributed by atoms with Crippen LogP contribution in [0.1, 0.15) is 16.8 Å². The number of hydrogen-bond donors (Lipinski definition) is 2. The third-order valence-electron chi connectivity index (χ3n) is 3.03. The number of amides is 1. The second-order valence-corrected chi connectivity index (χ2v) is 4.33. The molecule has 0 bridgehead atoms. The van der Waals surface area contributed by atoms with Crippen molar-refractivity contribution in [3.63, 3.8) is 0 Å². The van der Waals surface area contributed by atoms with Crippen LogP contribution in [-0.4, -0.2) is 34.6 Å². The van der Waals surface area contributed by atoms with Crippen LogP contribution in [-0.2, 0) is 9.59 Å². The summed E-state index contributed by atoms with van der Waals surface area (Å²) in [6.45, 7) is -0.281. The van der Waals surface area contributed by atoms with Gasteiger partial charge in [0.1, 0.15) is 11.6 Å². The number of carbonyl (C=O) groups is 3. The Hall–Kier alpha value is -2.51. The van der Waals surface area contributed by atoms with E-state index in [0.717, 1.165) is 4.90 Å². The van der Waals surface area contributed by atoms with Crippen molar-refractivity contribution in [2.45, 2.75) is 6.42 Å². The Labute approximate surface area is 111 Å². The van der Waals surface area contributed by atoms with E-state index in [2.05, 4.69) is 0 Å². The summed E-state index contributed by atoms with van der Waals surface area (Å²) in [7, 11) is 0. The lowest BCUT2D eigenvalue weighted by molar-refractivity contribution is -0.141. The zero-order valence-electron chi connectivity index (χ0n) is 9.97. The van der Waals surface area contributed by atoms with Gasteiger partial charge in [0.25, 0.3) is 0 Å². The van der Waals surface area contributed by atoms with Crippen LogP contribution in [0.15, 0.2) is 12.1 Å². The number of nitrogens with zero attached hydrogens (tertiary/aromatic N) is 1. The molecule has 6 nitrogen and oxygen atoms in total. The van der Waals surface area contributed by atoms with E-state index in [1.807, 2.05) is 0 Å². The van der Waals surface area contributed by atoms with Crippen molar-refractivity contribution in [2.24, 2.45) is 5.92 Å². The van der Waals surface area contributed by atoms with Crippen LogP contribution in [0.3, 0.4) is 0 Å². The minimum Gasteiger partial charge on any atom is -0.481 e. The normalized spacial score (nSPS) is 18.4. The van der Waals surface area contributed by atoms with E-state index in [1.165, 1.54) is 0 Å². The maximum atomic E-state index is 13.8. The van der Waals surface area contributed by atoms with Gasteiger partial charge in [-0.1, -0.05) is 0 Å². The lowest BCUT2D eigenvalue weighted by Crippen LogP contribution is -2.27. The van der Waals surface area contributed by atoms with Crippen LogP contribution in [0.4, 0.5) is 14.5 Å². The van der Waals surface area contributed by atoms with Gasteiger partial charge in [-0.15, -0.1) is 0 Å². The molecule has 1 aromatic rings. The van der Waals surface area contributed by atoms with Crippen LogP contribution in [0.2, 0.25) is 0 Å². The van der Waals surface area contributed by atoms with Crippen LogP contribution >= 0.6 is 0 Å². The largest absolute Gasteiger partial charge is 0.481 e. The zero-order chi connectivity index (χ0) is 15.0. The van der Waals surface area contributed by atoms with Gasteiger partial charge in [0.05, 0.1) is 17.2 Å². The van der Waals surface area contributed by atoms with Crippen LogP contribution in [0.5, 0.6) is 0 Å². The standard InChI is InChI=1S/C12H9F2NO5/c13-7-3-9(8(14)2-6(7)12(19)20)15-4-5(11(17)18)1-10(15)16/h2-3,5H,1,4H2,(H,17,18)(H,19,20). The Balaban J connectivity index is 2.39. The first kappa shape index (κ1) is 13.9. The fraction of sp³-hybridized carbons (Fsp3) is 0.250. The van der Waals surface area contributed by atoms with E-state index in [-0.39, 0.29) is 13.0 Å². The number of benzene rings is 1. The molecule has 2 N–H and O–H groups in total. The topological polar surface area (TPSA) is 94.9 Å². The Morgan fingerprint density at radius 3 is 2.35 bits per heavy atom. The highest BCUT2D eigenvalue weighted by Gasteiger charge is 2.36. The second-order valence-electron chi connectivity index (χ2n) is 4.33. The highest BCUT2D eigenvalue weighted by Crippen LogP contribution is 2.29. The molecule has 0 spiro atoms. The highest BCUT2D eigenvalue weighted by atomic mass is 19.1. The number of aliphatic carboxylic acids is 1. The number of carboxylic acids is 2. The minimum atomic E-state index is -1.64. The molecule has 20 heavy (non-hydrogen) atoms. The molecule has 1 saturated heterocycles. The summed E-state index contributed by atoms with van der Waals surface area (Å²) < 4.78 is 27.3. The van der Waals surface area contributed by atoms with Crippen molar-refractivity contribution < 1.29 is 33.4 Å². The number of aromatic carboxylic acids is 1. The molecule has 1 fully saturated rings. The van der Waals surface area contributed by atoms with E-state index >= 15 is 0 Å². The lowest BCUT2D eigenvalue weighted by atomic mass is 10.1. The fourth-order valence-corrected chi connectivity index (χ4v) is 2.01. The summed E-state index contributed by atoms with van der Waals surface area (Å²) >= 11 is 0. The monoisotopic (exact) mass is 285 g/mol. The van der Waals surface area contributed by atoms with Gasteiger partial charge in [-0.05, 0) is 6.07 Å². The fourth-order valence-electron chi connectivity index (χ4n) is 2.01. The van der Waals surface area contributed by atoms with Gasteiger partial charge in [-0.3, -0.25) is 9.59 Å². The van der Waals surface area contributed by atoms with Crippen molar-refractivity contribution >= 4 is 23.5 Å². The summed E-state index contributed by atoms with van der Waals surface area (Å²) in [5.74, 6) is -6.78. The summed E-state index contributed by atoms with van der Waals surface area (Å²) in [5.41, 5.74) is -1.31. The first-order valence-electron chi connectivity index (χ1n) is 5.56. The van der Waals surface area contributed by atoms with Crippen molar-refractivity contribution in [1.29, 1.82) is 0 Å². The number of anilines is 1. The van der Waals surface area contributed by atoms with Gasteiger partial charge in [0.15, 0.2) is 0 Å². The molecule has 2 rings (SSSR count). The molecule has 1 aliphatic heterocycles. The second kappa shape index (κ2) is 4.87. The van der Waals surface area contributed by atoms with E-state index in [9.17, 15) is 23.2 Å².